The second-order valence-corrected chi connectivity index (χ2v) is 5.64. The Bertz CT molecular complexity index is 297. The van der Waals surface area contributed by atoms with Crippen LogP contribution >= 0.6 is 0 Å². The maximum atomic E-state index is 11.2. The minimum Gasteiger partial charge on any atom is -0.342 e. The van der Waals surface area contributed by atoms with Crippen molar-refractivity contribution in [3.63, 3.8) is 0 Å². The van der Waals surface area contributed by atoms with Crippen molar-refractivity contribution in [3.05, 3.63) is 0 Å². The predicted molar refractivity (Wildman–Crippen MR) is 50.1 cm³/mol. The van der Waals surface area contributed by atoms with Gasteiger partial charge in [-0.3, -0.25) is 4.79 Å². The van der Waals surface area contributed by atoms with Gasteiger partial charge in [-0.1, -0.05) is 6.92 Å². The molecule has 0 aromatic heterocycles. The molecule has 0 unspecified atom stereocenters. The molecule has 1 amide bonds. The van der Waals surface area contributed by atoms with Crippen molar-refractivity contribution in [2.75, 3.05) is 18.6 Å². The lowest BCUT2D eigenvalue weighted by Gasteiger charge is -2.22. The molecule has 0 aliphatic carbocycles. The van der Waals surface area contributed by atoms with Gasteiger partial charge in [0.25, 0.3) is 0 Å². The Labute approximate surface area is 78.8 Å². The van der Waals surface area contributed by atoms with Crippen LogP contribution in [0.3, 0.4) is 0 Å². The first kappa shape index (κ1) is 10.5. The Morgan fingerprint density at radius 3 is 2.54 bits per heavy atom. The van der Waals surface area contributed by atoms with Crippen molar-refractivity contribution < 1.29 is 13.2 Å². The monoisotopic (exact) mass is 205 g/mol. The van der Waals surface area contributed by atoms with Crippen molar-refractivity contribution in [1.29, 1.82) is 0 Å². The van der Waals surface area contributed by atoms with Crippen LogP contribution in [0.2, 0.25) is 0 Å². The fourth-order valence-corrected chi connectivity index (χ4v) is 3.31. The molecule has 0 aromatic rings. The molecule has 0 spiro atoms. The van der Waals surface area contributed by atoms with Crippen LogP contribution in [0.5, 0.6) is 0 Å². The fourth-order valence-electron chi connectivity index (χ4n) is 1.53. The standard InChI is InChI=1S/C8H15NO3S/c1-3-8(10)9(2)7-4-5-13(11,12)6-7/h7H,3-6H2,1-2H3/t7-/m0/s1. The molecule has 13 heavy (non-hydrogen) atoms. The van der Waals surface area contributed by atoms with Gasteiger partial charge in [0.2, 0.25) is 5.91 Å². The number of hydrogen-bond donors (Lipinski definition) is 0. The van der Waals surface area contributed by atoms with E-state index in [1.165, 1.54) is 0 Å². The second kappa shape index (κ2) is 3.65. The first-order valence-corrected chi connectivity index (χ1v) is 6.24. The molecule has 0 aromatic carbocycles. The molecule has 0 radical (unpaired) electrons. The summed E-state index contributed by atoms with van der Waals surface area (Å²) in [6.45, 7) is 1.78. The highest BCUT2D eigenvalue weighted by molar-refractivity contribution is 7.91. The Morgan fingerprint density at radius 2 is 2.15 bits per heavy atom. The van der Waals surface area contributed by atoms with Crippen molar-refractivity contribution >= 4 is 15.7 Å². The maximum Gasteiger partial charge on any atom is 0.222 e. The summed E-state index contributed by atoms with van der Waals surface area (Å²) < 4.78 is 22.2. The molecule has 1 fully saturated rings. The van der Waals surface area contributed by atoms with E-state index < -0.39 is 9.84 Å². The van der Waals surface area contributed by atoms with E-state index in [-0.39, 0.29) is 23.5 Å². The molecule has 1 heterocycles. The largest absolute Gasteiger partial charge is 0.342 e. The molecule has 0 N–H and O–H groups in total. The van der Waals surface area contributed by atoms with Crippen LogP contribution in [0.25, 0.3) is 0 Å². The number of amides is 1. The van der Waals surface area contributed by atoms with Crippen LogP contribution in [-0.2, 0) is 14.6 Å². The zero-order chi connectivity index (χ0) is 10.1. The summed E-state index contributed by atoms with van der Waals surface area (Å²) >= 11 is 0. The fraction of sp³-hybridized carbons (Fsp3) is 0.875. The average Bonchev–Trinajstić information content (AvgIpc) is 2.43. The molecule has 4 nitrogen and oxygen atoms in total. The number of carbonyl (C=O) groups is 1. The zero-order valence-corrected chi connectivity index (χ0v) is 8.80. The second-order valence-electron chi connectivity index (χ2n) is 3.42. The number of carbonyl (C=O) groups excluding carboxylic acids is 1. The lowest BCUT2D eigenvalue weighted by atomic mass is 10.2. The molecule has 76 valence electrons. The Hall–Kier alpha value is -0.580. The number of sulfone groups is 1. The lowest BCUT2D eigenvalue weighted by molar-refractivity contribution is -0.131. The summed E-state index contributed by atoms with van der Waals surface area (Å²) in [5.74, 6) is 0.371. The number of rotatable bonds is 2. The van der Waals surface area contributed by atoms with Gasteiger partial charge < -0.3 is 4.90 Å². The van der Waals surface area contributed by atoms with E-state index in [0.717, 1.165) is 0 Å². The van der Waals surface area contributed by atoms with E-state index >= 15 is 0 Å². The Balaban J connectivity index is 2.61. The van der Waals surface area contributed by atoms with Gasteiger partial charge in [0.1, 0.15) is 0 Å². The molecule has 0 saturated carbocycles. The molecule has 1 rings (SSSR count). The van der Waals surface area contributed by atoms with Gasteiger partial charge in [-0.2, -0.15) is 0 Å². The highest BCUT2D eigenvalue weighted by Gasteiger charge is 2.31. The summed E-state index contributed by atoms with van der Waals surface area (Å²) in [5, 5.41) is 0. The zero-order valence-electron chi connectivity index (χ0n) is 7.99. The summed E-state index contributed by atoms with van der Waals surface area (Å²) in [6.07, 6.45) is 1.03. The molecule has 1 aliphatic heterocycles. The number of hydrogen-bond acceptors (Lipinski definition) is 3. The topological polar surface area (TPSA) is 54.5 Å². The molecule has 1 atom stereocenters. The van der Waals surface area contributed by atoms with Crippen molar-refractivity contribution in [1.82, 2.24) is 4.90 Å². The van der Waals surface area contributed by atoms with Gasteiger partial charge in [-0.05, 0) is 6.42 Å². The van der Waals surface area contributed by atoms with E-state index in [4.69, 9.17) is 0 Å². The van der Waals surface area contributed by atoms with E-state index in [0.29, 0.717) is 12.8 Å². The third-order valence-electron chi connectivity index (χ3n) is 2.45. The minimum atomic E-state index is -2.88. The van der Waals surface area contributed by atoms with Crippen LogP contribution < -0.4 is 0 Å². The van der Waals surface area contributed by atoms with E-state index in [1.54, 1.807) is 18.9 Å². The normalized spacial score (nSPS) is 25.8. The van der Waals surface area contributed by atoms with Gasteiger partial charge in [0.05, 0.1) is 11.5 Å². The Kier molecular flexibility index (Phi) is 2.95. The van der Waals surface area contributed by atoms with Crippen LogP contribution in [0, 0.1) is 0 Å². The molecular weight excluding hydrogens is 190 g/mol. The molecule has 5 heteroatoms. The summed E-state index contributed by atoms with van der Waals surface area (Å²) in [6, 6.07) is -0.0996. The Morgan fingerprint density at radius 1 is 1.54 bits per heavy atom. The van der Waals surface area contributed by atoms with Gasteiger partial charge >= 0.3 is 0 Å². The SMILES string of the molecule is CCC(=O)N(C)[C@H]1CCS(=O)(=O)C1. The highest BCUT2D eigenvalue weighted by atomic mass is 32.2. The van der Waals surface area contributed by atoms with E-state index in [1.807, 2.05) is 0 Å². The predicted octanol–water partition coefficient (Wildman–Crippen LogP) is 0.0419. The molecule has 1 aliphatic rings. The maximum absolute atomic E-state index is 11.2. The quantitative estimate of drug-likeness (QED) is 0.639. The van der Waals surface area contributed by atoms with Crippen molar-refractivity contribution in [2.24, 2.45) is 0 Å². The van der Waals surface area contributed by atoms with Crippen LogP contribution in [-0.4, -0.2) is 43.8 Å². The van der Waals surface area contributed by atoms with Crippen LogP contribution in [0.4, 0.5) is 0 Å². The first-order chi connectivity index (χ1) is 5.96. The average molecular weight is 205 g/mol. The van der Waals surface area contributed by atoms with Gasteiger partial charge in [0, 0.05) is 19.5 Å². The van der Waals surface area contributed by atoms with Crippen molar-refractivity contribution in [3.8, 4) is 0 Å². The summed E-state index contributed by atoms with van der Waals surface area (Å²) in [7, 11) is -1.20. The summed E-state index contributed by atoms with van der Waals surface area (Å²) in [5.41, 5.74) is 0. The van der Waals surface area contributed by atoms with Crippen LogP contribution in [0.15, 0.2) is 0 Å². The van der Waals surface area contributed by atoms with Crippen molar-refractivity contribution in [2.45, 2.75) is 25.8 Å². The smallest absolute Gasteiger partial charge is 0.222 e. The number of nitrogens with zero attached hydrogens (tertiary/aromatic N) is 1. The van der Waals surface area contributed by atoms with Gasteiger partial charge in [0.15, 0.2) is 9.84 Å². The lowest BCUT2D eigenvalue weighted by Crippen LogP contribution is -2.37. The third kappa shape index (κ3) is 2.43. The van der Waals surface area contributed by atoms with Crippen LogP contribution in [0.1, 0.15) is 19.8 Å². The highest BCUT2D eigenvalue weighted by Crippen LogP contribution is 2.16. The third-order valence-corrected chi connectivity index (χ3v) is 4.20. The van der Waals surface area contributed by atoms with Gasteiger partial charge in [-0.25, -0.2) is 8.42 Å². The minimum absolute atomic E-state index is 0.0158. The van der Waals surface area contributed by atoms with Gasteiger partial charge in [-0.15, -0.1) is 0 Å². The molecular formula is C8H15NO3S. The van der Waals surface area contributed by atoms with E-state index in [2.05, 4.69) is 0 Å². The molecule has 1 saturated heterocycles. The summed E-state index contributed by atoms with van der Waals surface area (Å²) in [4.78, 5) is 12.8. The molecule has 0 bridgehead atoms. The van der Waals surface area contributed by atoms with E-state index in [9.17, 15) is 13.2 Å². The first-order valence-electron chi connectivity index (χ1n) is 4.42.